The highest BCUT2D eigenvalue weighted by atomic mass is 32.1. The second-order valence-corrected chi connectivity index (χ2v) is 5.12. The number of carbonyl (C=O) groups is 2. The van der Waals surface area contributed by atoms with E-state index in [-0.39, 0.29) is 16.7 Å². The minimum Gasteiger partial charge on any atom is -0.481 e. The van der Waals surface area contributed by atoms with Crippen molar-refractivity contribution in [2.75, 3.05) is 18.0 Å². The molecule has 2 heterocycles. The molecule has 0 bridgehead atoms. The van der Waals surface area contributed by atoms with Crippen molar-refractivity contribution in [2.45, 2.75) is 12.8 Å². The summed E-state index contributed by atoms with van der Waals surface area (Å²) < 4.78 is 0. The largest absolute Gasteiger partial charge is 0.481 e. The number of piperidine rings is 1. The van der Waals surface area contributed by atoms with Gasteiger partial charge in [-0.2, -0.15) is 0 Å². The van der Waals surface area contributed by atoms with Gasteiger partial charge in [-0.15, -0.1) is 0 Å². The van der Waals surface area contributed by atoms with Gasteiger partial charge in [0.25, 0.3) is 5.91 Å². The van der Waals surface area contributed by atoms with E-state index in [4.69, 9.17) is 10.8 Å². The Labute approximate surface area is 126 Å². The zero-order valence-corrected chi connectivity index (χ0v) is 12.0. The first-order valence-corrected chi connectivity index (χ1v) is 6.79. The van der Waals surface area contributed by atoms with E-state index in [9.17, 15) is 9.59 Å². The summed E-state index contributed by atoms with van der Waals surface area (Å²) in [6, 6.07) is 0. The summed E-state index contributed by atoms with van der Waals surface area (Å²) in [4.78, 5) is 32.6. The van der Waals surface area contributed by atoms with E-state index in [0.717, 1.165) is 0 Å². The molecule has 0 aliphatic carbocycles. The Balaban J connectivity index is 1.98. The number of hydrogen-bond donors (Lipinski definition) is 3. The van der Waals surface area contributed by atoms with Crippen LogP contribution in [0.4, 0.5) is 5.82 Å². The second-order valence-electron chi connectivity index (χ2n) is 4.68. The molecular formula is C12H15N5O3S. The standard InChI is InChI=1S/C12H15N5O3S/c13-12(21)16-10(18)8-5-15-9(6-14-8)17-3-1-7(2-4-17)11(19)20/h5-7H,1-4H2,(H,19,20)(H3,13,16,18,21). The van der Waals surface area contributed by atoms with Gasteiger partial charge in [0.2, 0.25) is 0 Å². The Morgan fingerprint density at radius 3 is 2.48 bits per heavy atom. The van der Waals surface area contributed by atoms with Gasteiger partial charge in [0.15, 0.2) is 5.11 Å². The Bertz CT molecular complexity index is 555. The number of anilines is 1. The summed E-state index contributed by atoms with van der Waals surface area (Å²) in [5, 5.41) is 11.1. The summed E-state index contributed by atoms with van der Waals surface area (Å²) >= 11 is 4.57. The van der Waals surface area contributed by atoms with Crippen LogP contribution in [-0.2, 0) is 4.79 Å². The smallest absolute Gasteiger partial charge is 0.306 e. The molecule has 1 amide bonds. The molecule has 112 valence electrons. The van der Waals surface area contributed by atoms with Gasteiger partial charge in [-0.25, -0.2) is 9.97 Å². The van der Waals surface area contributed by atoms with Gasteiger partial charge in [-0.1, -0.05) is 0 Å². The van der Waals surface area contributed by atoms with Gasteiger partial charge in [0.1, 0.15) is 11.5 Å². The molecule has 1 aliphatic heterocycles. The molecule has 0 saturated carbocycles. The molecule has 1 aliphatic rings. The molecule has 1 aromatic heterocycles. The highest BCUT2D eigenvalue weighted by Crippen LogP contribution is 2.21. The second kappa shape index (κ2) is 6.44. The third kappa shape index (κ3) is 3.85. The first kappa shape index (κ1) is 15.1. The normalized spacial score (nSPS) is 15.5. The maximum absolute atomic E-state index is 11.6. The predicted molar refractivity (Wildman–Crippen MR) is 78.9 cm³/mol. The molecule has 1 fully saturated rings. The zero-order chi connectivity index (χ0) is 15.4. The van der Waals surface area contributed by atoms with E-state index in [1.807, 2.05) is 4.90 Å². The van der Waals surface area contributed by atoms with Crippen LogP contribution in [0.25, 0.3) is 0 Å². The van der Waals surface area contributed by atoms with Gasteiger partial charge in [-0.3, -0.25) is 14.9 Å². The van der Waals surface area contributed by atoms with Crippen LogP contribution in [0.3, 0.4) is 0 Å². The van der Waals surface area contributed by atoms with Crippen molar-refractivity contribution in [1.29, 1.82) is 0 Å². The lowest BCUT2D eigenvalue weighted by atomic mass is 9.97. The van der Waals surface area contributed by atoms with E-state index in [2.05, 4.69) is 27.5 Å². The highest BCUT2D eigenvalue weighted by Gasteiger charge is 2.25. The summed E-state index contributed by atoms with van der Waals surface area (Å²) in [6.45, 7) is 1.20. The van der Waals surface area contributed by atoms with Gasteiger partial charge in [0.05, 0.1) is 18.3 Å². The zero-order valence-electron chi connectivity index (χ0n) is 11.2. The first-order valence-electron chi connectivity index (χ1n) is 6.38. The molecule has 0 spiro atoms. The fraction of sp³-hybridized carbons (Fsp3) is 0.417. The number of carbonyl (C=O) groups excluding carboxylic acids is 1. The quantitative estimate of drug-likeness (QED) is 0.654. The molecular weight excluding hydrogens is 294 g/mol. The number of aromatic nitrogens is 2. The molecule has 2 rings (SSSR count). The number of nitrogens with two attached hydrogens (primary N) is 1. The predicted octanol–water partition coefficient (Wildman–Crippen LogP) is -0.249. The molecule has 1 saturated heterocycles. The molecule has 0 atom stereocenters. The van der Waals surface area contributed by atoms with Crippen LogP contribution >= 0.6 is 12.2 Å². The van der Waals surface area contributed by atoms with Gasteiger partial charge in [0, 0.05) is 13.1 Å². The number of nitrogens with one attached hydrogen (secondary N) is 1. The van der Waals surface area contributed by atoms with Crippen molar-refractivity contribution in [3.63, 3.8) is 0 Å². The molecule has 0 unspecified atom stereocenters. The van der Waals surface area contributed by atoms with E-state index in [1.54, 1.807) is 0 Å². The van der Waals surface area contributed by atoms with Crippen LogP contribution in [0.5, 0.6) is 0 Å². The SMILES string of the molecule is NC(=S)NC(=O)c1cnc(N2CCC(C(=O)O)CC2)cn1. The lowest BCUT2D eigenvalue weighted by Gasteiger charge is -2.30. The van der Waals surface area contributed by atoms with Crippen molar-refractivity contribution in [3.05, 3.63) is 18.1 Å². The fourth-order valence-corrected chi connectivity index (χ4v) is 2.23. The number of carboxylic acid groups (broad SMARTS) is 1. The minimum atomic E-state index is -0.759. The van der Waals surface area contributed by atoms with Crippen molar-refractivity contribution in [2.24, 2.45) is 11.7 Å². The highest BCUT2D eigenvalue weighted by molar-refractivity contribution is 7.80. The van der Waals surface area contributed by atoms with Crippen molar-refractivity contribution in [3.8, 4) is 0 Å². The van der Waals surface area contributed by atoms with Gasteiger partial charge in [-0.05, 0) is 25.1 Å². The van der Waals surface area contributed by atoms with Crippen molar-refractivity contribution in [1.82, 2.24) is 15.3 Å². The monoisotopic (exact) mass is 309 g/mol. The number of amides is 1. The Kier molecular flexibility index (Phi) is 4.63. The first-order chi connectivity index (χ1) is 9.97. The van der Waals surface area contributed by atoms with E-state index in [1.165, 1.54) is 12.4 Å². The van der Waals surface area contributed by atoms with E-state index < -0.39 is 11.9 Å². The number of hydrogen-bond acceptors (Lipinski definition) is 6. The van der Waals surface area contributed by atoms with Crippen LogP contribution in [0.2, 0.25) is 0 Å². The minimum absolute atomic E-state index is 0.118. The van der Waals surface area contributed by atoms with E-state index in [0.29, 0.717) is 31.7 Å². The van der Waals surface area contributed by atoms with Gasteiger partial charge >= 0.3 is 5.97 Å². The Morgan fingerprint density at radius 2 is 2.00 bits per heavy atom. The molecule has 21 heavy (non-hydrogen) atoms. The maximum Gasteiger partial charge on any atom is 0.306 e. The number of carboxylic acids is 1. The van der Waals surface area contributed by atoms with Crippen LogP contribution in [0.1, 0.15) is 23.3 Å². The average Bonchev–Trinajstić information content (AvgIpc) is 2.47. The third-order valence-corrected chi connectivity index (χ3v) is 3.38. The summed E-state index contributed by atoms with van der Waals surface area (Å²) in [6.07, 6.45) is 3.96. The van der Waals surface area contributed by atoms with E-state index >= 15 is 0 Å². The molecule has 4 N–H and O–H groups in total. The summed E-state index contributed by atoms with van der Waals surface area (Å²) in [5.41, 5.74) is 5.33. The van der Waals surface area contributed by atoms with Crippen molar-refractivity contribution >= 4 is 35.0 Å². The summed E-state index contributed by atoms with van der Waals surface area (Å²) in [7, 11) is 0. The maximum atomic E-state index is 11.6. The van der Waals surface area contributed by atoms with Crippen LogP contribution in [0, 0.1) is 5.92 Å². The number of rotatable bonds is 3. The van der Waals surface area contributed by atoms with Crippen LogP contribution in [0.15, 0.2) is 12.4 Å². The number of nitrogens with zero attached hydrogens (tertiary/aromatic N) is 3. The van der Waals surface area contributed by atoms with Gasteiger partial charge < -0.3 is 15.7 Å². The Hall–Kier alpha value is -2.29. The third-order valence-electron chi connectivity index (χ3n) is 3.28. The lowest BCUT2D eigenvalue weighted by molar-refractivity contribution is -0.142. The van der Waals surface area contributed by atoms with Crippen LogP contribution < -0.4 is 16.0 Å². The Morgan fingerprint density at radius 1 is 1.33 bits per heavy atom. The number of thiocarbonyl (C=S) groups is 1. The molecule has 8 nitrogen and oxygen atoms in total. The molecule has 0 aromatic carbocycles. The average molecular weight is 309 g/mol. The molecule has 9 heteroatoms. The van der Waals surface area contributed by atoms with Crippen molar-refractivity contribution < 1.29 is 14.7 Å². The number of aliphatic carboxylic acids is 1. The fourth-order valence-electron chi connectivity index (χ4n) is 2.13. The van der Waals surface area contributed by atoms with Crippen LogP contribution in [-0.4, -0.2) is 45.2 Å². The summed E-state index contributed by atoms with van der Waals surface area (Å²) in [5.74, 6) is -0.952. The molecule has 0 radical (unpaired) electrons. The molecule has 1 aromatic rings. The lowest BCUT2D eigenvalue weighted by Crippen LogP contribution is -2.37. The topological polar surface area (TPSA) is 121 Å².